The molecule has 0 N–H and O–H groups in total. The van der Waals surface area contributed by atoms with Crippen molar-refractivity contribution in [2.45, 2.75) is 18.8 Å². The second kappa shape index (κ2) is 3.47. The standard InChI is InChI=1S/C8H11F2NO/c1-7(12)6-11-4-2-8(9,10)3-5-11/h1H,2-6H2. The lowest BCUT2D eigenvalue weighted by atomic mass is 10.1. The number of ketones is 1. The van der Waals surface area contributed by atoms with Crippen LogP contribution in [0.3, 0.4) is 0 Å². The summed E-state index contributed by atoms with van der Waals surface area (Å²) in [6.45, 7) is 5.54. The number of Topliss-reactive ketones (excluding diaryl/α,β-unsaturated/α-hetero) is 1. The number of alkyl halides is 2. The molecule has 0 aliphatic carbocycles. The molecule has 2 radical (unpaired) electrons. The number of rotatable bonds is 2. The summed E-state index contributed by atoms with van der Waals surface area (Å²) in [5.41, 5.74) is 0. The molecule has 1 heterocycles. The van der Waals surface area contributed by atoms with Crippen LogP contribution < -0.4 is 0 Å². The minimum Gasteiger partial charge on any atom is -0.298 e. The predicted octanol–water partition coefficient (Wildman–Crippen LogP) is 0.998. The minimum atomic E-state index is -2.55. The Balaban J connectivity index is 2.31. The minimum absolute atomic E-state index is 0.0933. The smallest absolute Gasteiger partial charge is 0.250 e. The van der Waals surface area contributed by atoms with Crippen molar-refractivity contribution in [3.63, 3.8) is 0 Å². The molecule has 1 saturated heterocycles. The first kappa shape index (κ1) is 9.58. The summed E-state index contributed by atoms with van der Waals surface area (Å²) >= 11 is 0. The summed E-state index contributed by atoms with van der Waals surface area (Å²) in [7, 11) is 0. The van der Waals surface area contributed by atoms with Gasteiger partial charge in [0.15, 0.2) is 5.78 Å². The number of hydrogen-bond acceptors (Lipinski definition) is 2. The van der Waals surface area contributed by atoms with Crippen molar-refractivity contribution in [1.29, 1.82) is 0 Å². The normalized spacial score (nSPS) is 23.9. The van der Waals surface area contributed by atoms with Gasteiger partial charge in [0.25, 0.3) is 5.92 Å². The van der Waals surface area contributed by atoms with Gasteiger partial charge in [0.1, 0.15) is 0 Å². The topological polar surface area (TPSA) is 20.3 Å². The molecule has 2 nitrogen and oxygen atoms in total. The van der Waals surface area contributed by atoms with Gasteiger partial charge in [0, 0.05) is 32.9 Å². The molecule has 0 bridgehead atoms. The third-order valence-electron chi connectivity index (χ3n) is 1.97. The van der Waals surface area contributed by atoms with Gasteiger partial charge in [0.2, 0.25) is 0 Å². The molecule has 0 atom stereocenters. The number of carbonyl (C=O) groups is 1. The van der Waals surface area contributed by atoms with E-state index in [-0.39, 0.29) is 32.5 Å². The Morgan fingerprint density at radius 1 is 1.42 bits per heavy atom. The van der Waals surface area contributed by atoms with Crippen molar-refractivity contribution < 1.29 is 13.6 Å². The molecule has 12 heavy (non-hydrogen) atoms. The average molecular weight is 175 g/mol. The fourth-order valence-corrected chi connectivity index (χ4v) is 1.26. The van der Waals surface area contributed by atoms with E-state index in [0.717, 1.165) is 0 Å². The van der Waals surface area contributed by atoms with Gasteiger partial charge in [-0.15, -0.1) is 0 Å². The Morgan fingerprint density at radius 3 is 2.33 bits per heavy atom. The average Bonchev–Trinajstić information content (AvgIpc) is 1.93. The van der Waals surface area contributed by atoms with Crippen LogP contribution in [-0.4, -0.2) is 36.2 Å². The molecule has 1 aliphatic heterocycles. The Morgan fingerprint density at radius 2 is 1.92 bits per heavy atom. The van der Waals surface area contributed by atoms with E-state index in [4.69, 9.17) is 6.92 Å². The summed E-state index contributed by atoms with van der Waals surface area (Å²) in [5, 5.41) is 0. The Bertz CT molecular complexity index is 172. The quantitative estimate of drug-likeness (QED) is 0.624. The first-order valence-electron chi connectivity index (χ1n) is 3.88. The van der Waals surface area contributed by atoms with Gasteiger partial charge < -0.3 is 0 Å². The largest absolute Gasteiger partial charge is 0.298 e. The zero-order valence-electron chi connectivity index (χ0n) is 6.72. The van der Waals surface area contributed by atoms with Gasteiger partial charge in [-0.1, -0.05) is 0 Å². The van der Waals surface area contributed by atoms with Crippen LogP contribution in [0.1, 0.15) is 12.8 Å². The number of piperidine rings is 1. The van der Waals surface area contributed by atoms with Gasteiger partial charge >= 0.3 is 0 Å². The third kappa shape index (κ3) is 2.85. The number of nitrogens with zero attached hydrogens (tertiary/aromatic N) is 1. The van der Waals surface area contributed by atoms with E-state index in [0.29, 0.717) is 0 Å². The molecule has 0 spiro atoms. The van der Waals surface area contributed by atoms with E-state index in [1.54, 1.807) is 4.90 Å². The molecule has 0 saturated carbocycles. The lowest BCUT2D eigenvalue weighted by Gasteiger charge is -2.30. The fraction of sp³-hybridized carbons (Fsp3) is 0.750. The van der Waals surface area contributed by atoms with E-state index in [1.165, 1.54) is 0 Å². The van der Waals surface area contributed by atoms with E-state index in [2.05, 4.69) is 0 Å². The molecule has 1 rings (SSSR count). The number of carbonyl (C=O) groups excluding carboxylic acids is 1. The second-order valence-electron chi connectivity index (χ2n) is 3.10. The molecule has 4 heteroatoms. The highest BCUT2D eigenvalue weighted by Crippen LogP contribution is 2.27. The van der Waals surface area contributed by atoms with Crippen molar-refractivity contribution in [3.8, 4) is 0 Å². The Labute approximate surface area is 70.5 Å². The van der Waals surface area contributed by atoms with Crippen LogP contribution in [0.2, 0.25) is 0 Å². The summed E-state index contributed by atoms with van der Waals surface area (Å²) in [6, 6.07) is 0. The van der Waals surface area contributed by atoms with Crippen LogP contribution in [0.5, 0.6) is 0 Å². The molecule has 1 aliphatic rings. The predicted molar refractivity (Wildman–Crippen MR) is 39.9 cm³/mol. The molecule has 0 aromatic carbocycles. The first-order chi connectivity index (χ1) is 5.49. The molecule has 0 aromatic rings. The van der Waals surface area contributed by atoms with Crippen LogP contribution >= 0.6 is 0 Å². The van der Waals surface area contributed by atoms with Gasteiger partial charge in [-0.3, -0.25) is 9.69 Å². The van der Waals surface area contributed by atoms with Crippen LogP contribution in [0.4, 0.5) is 8.78 Å². The van der Waals surface area contributed by atoms with E-state index < -0.39 is 11.7 Å². The van der Waals surface area contributed by atoms with E-state index in [1.807, 2.05) is 0 Å². The highest BCUT2D eigenvalue weighted by molar-refractivity contribution is 5.84. The zero-order valence-corrected chi connectivity index (χ0v) is 6.72. The highest BCUT2D eigenvalue weighted by atomic mass is 19.3. The van der Waals surface area contributed by atoms with Crippen LogP contribution in [0.15, 0.2) is 0 Å². The number of halogens is 2. The maximum atomic E-state index is 12.6. The Kier molecular flexibility index (Phi) is 2.77. The lowest BCUT2D eigenvalue weighted by molar-refractivity contribution is -0.118. The second-order valence-corrected chi connectivity index (χ2v) is 3.10. The zero-order chi connectivity index (χ0) is 9.19. The molecular formula is C8H11F2NO. The van der Waals surface area contributed by atoms with Crippen molar-refractivity contribution in [1.82, 2.24) is 4.90 Å². The lowest BCUT2D eigenvalue weighted by Crippen LogP contribution is -2.41. The van der Waals surface area contributed by atoms with Crippen LogP contribution in [0.25, 0.3) is 0 Å². The number of hydrogen-bond donors (Lipinski definition) is 0. The maximum Gasteiger partial charge on any atom is 0.250 e. The fourth-order valence-electron chi connectivity index (χ4n) is 1.26. The molecule has 0 amide bonds. The Hall–Kier alpha value is -0.510. The van der Waals surface area contributed by atoms with Crippen molar-refractivity contribution in [2.75, 3.05) is 19.6 Å². The molecule has 0 aromatic heterocycles. The van der Waals surface area contributed by atoms with E-state index >= 15 is 0 Å². The van der Waals surface area contributed by atoms with Crippen molar-refractivity contribution >= 4 is 5.78 Å². The SMILES string of the molecule is [CH]C(=O)CN1CCC(F)(F)CC1. The van der Waals surface area contributed by atoms with Crippen molar-refractivity contribution in [3.05, 3.63) is 6.92 Å². The summed E-state index contributed by atoms with van der Waals surface area (Å²) in [6.07, 6.45) is -0.333. The van der Waals surface area contributed by atoms with Gasteiger partial charge in [-0.05, 0) is 0 Å². The van der Waals surface area contributed by atoms with Gasteiger partial charge in [-0.25, -0.2) is 8.78 Å². The molecular weight excluding hydrogens is 164 g/mol. The number of likely N-dealkylation sites (tertiary alicyclic amines) is 1. The molecule has 1 fully saturated rings. The summed E-state index contributed by atoms with van der Waals surface area (Å²) in [4.78, 5) is 12.1. The van der Waals surface area contributed by atoms with Gasteiger partial charge in [0.05, 0.1) is 6.54 Å². The van der Waals surface area contributed by atoms with Crippen LogP contribution in [-0.2, 0) is 4.79 Å². The highest BCUT2D eigenvalue weighted by Gasteiger charge is 2.33. The molecule has 0 unspecified atom stereocenters. The van der Waals surface area contributed by atoms with Gasteiger partial charge in [-0.2, -0.15) is 0 Å². The first-order valence-corrected chi connectivity index (χ1v) is 3.88. The van der Waals surface area contributed by atoms with Crippen LogP contribution in [0, 0.1) is 6.92 Å². The third-order valence-corrected chi connectivity index (χ3v) is 1.97. The summed E-state index contributed by atoms with van der Waals surface area (Å²) in [5.74, 6) is -3.01. The molecule has 68 valence electrons. The van der Waals surface area contributed by atoms with E-state index in [9.17, 15) is 13.6 Å². The maximum absolute atomic E-state index is 12.6. The monoisotopic (exact) mass is 175 g/mol. The summed E-state index contributed by atoms with van der Waals surface area (Å²) < 4.78 is 25.1. The van der Waals surface area contributed by atoms with Crippen molar-refractivity contribution in [2.24, 2.45) is 0 Å².